The fourth-order valence-corrected chi connectivity index (χ4v) is 2.52. The lowest BCUT2D eigenvalue weighted by Crippen LogP contribution is -2.31. The maximum absolute atomic E-state index is 12.1. The highest BCUT2D eigenvalue weighted by molar-refractivity contribution is 6.30. The molecule has 0 saturated carbocycles. The molecule has 0 aliphatic heterocycles. The summed E-state index contributed by atoms with van der Waals surface area (Å²) in [6, 6.07) is 11.6. The van der Waals surface area contributed by atoms with Gasteiger partial charge in [-0.3, -0.25) is 4.79 Å². The largest absolute Gasteiger partial charge is 0.493 e. The topological polar surface area (TPSA) is 73.9 Å². The Balaban J connectivity index is 1.97. The van der Waals surface area contributed by atoms with E-state index in [-0.39, 0.29) is 18.6 Å². The number of carbonyl (C=O) groups is 2. The third-order valence-corrected chi connectivity index (χ3v) is 3.90. The maximum Gasteiger partial charge on any atom is 0.337 e. The fourth-order valence-electron chi connectivity index (χ4n) is 2.32. The summed E-state index contributed by atoms with van der Waals surface area (Å²) in [5, 5.41) is 3.44. The van der Waals surface area contributed by atoms with Crippen molar-refractivity contribution in [1.82, 2.24) is 5.32 Å². The molecule has 0 spiro atoms. The van der Waals surface area contributed by atoms with Crippen LogP contribution in [0.15, 0.2) is 42.5 Å². The molecular weight excluding hydrogens is 358 g/mol. The van der Waals surface area contributed by atoms with E-state index in [0.29, 0.717) is 22.1 Å². The van der Waals surface area contributed by atoms with Crippen LogP contribution in [0.2, 0.25) is 5.02 Å². The molecule has 0 bridgehead atoms. The van der Waals surface area contributed by atoms with Crippen molar-refractivity contribution in [2.24, 2.45) is 0 Å². The third-order valence-electron chi connectivity index (χ3n) is 3.67. The van der Waals surface area contributed by atoms with E-state index in [1.807, 2.05) is 19.1 Å². The van der Waals surface area contributed by atoms with Crippen LogP contribution >= 0.6 is 11.6 Å². The Morgan fingerprint density at radius 1 is 1.12 bits per heavy atom. The Morgan fingerprint density at radius 2 is 1.88 bits per heavy atom. The van der Waals surface area contributed by atoms with Crippen molar-refractivity contribution in [1.29, 1.82) is 0 Å². The van der Waals surface area contributed by atoms with Crippen molar-refractivity contribution < 1.29 is 23.8 Å². The SMILES string of the molecule is COC(=O)c1ccc(OCC(=O)N[C@H](C)c2cccc(Cl)c2)c(OC)c1. The Bertz CT molecular complexity index is 793. The molecule has 1 N–H and O–H groups in total. The molecule has 1 atom stereocenters. The van der Waals surface area contributed by atoms with Crippen LogP contribution in [-0.4, -0.2) is 32.7 Å². The minimum absolute atomic E-state index is 0.196. The second-order valence-corrected chi connectivity index (χ2v) is 5.93. The quantitative estimate of drug-likeness (QED) is 0.748. The Labute approximate surface area is 157 Å². The lowest BCUT2D eigenvalue weighted by molar-refractivity contribution is -0.123. The van der Waals surface area contributed by atoms with Crippen LogP contribution in [0.4, 0.5) is 0 Å². The molecule has 0 saturated heterocycles. The van der Waals surface area contributed by atoms with Gasteiger partial charge in [-0.05, 0) is 42.8 Å². The zero-order valence-electron chi connectivity index (χ0n) is 14.7. The number of halogens is 1. The highest BCUT2D eigenvalue weighted by Crippen LogP contribution is 2.28. The van der Waals surface area contributed by atoms with Crippen LogP contribution < -0.4 is 14.8 Å². The van der Waals surface area contributed by atoms with Crippen molar-refractivity contribution >= 4 is 23.5 Å². The van der Waals surface area contributed by atoms with Crippen molar-refractivity contribution in [2.45, 2.75) is 13.0 Å². The second kappa shape index (κ2) is 9.10. The lowest BCUT2D eigenvalue weighted by Gasteiger charge is -2.16. The van der Waals surface area contributed by atoms with E-state index in [9.17, 15) is 9.59 Å². The van der Waals surface area contributed by atoms with E-state index in [4.69, 9.17) is 21.1 Å². The van der Waals surface area contributed by atoms with Crippen LogP contribution in [0.5, 0.6) is 11.5 Å². The number of rotatable bonds is 7. The van der Waals surface area contributed by atoms with E-state index in [0.717, 1.165) is 5.56 Å². The summed E-state index contributed by atoms with van der Waals surface area (Å²) in [7, 11) is 2.75. The normalized spacial score (nSPS) is 11.4. The molecule has 0 aromatic heterocycles. The highest BCUT2D eigenvalue weighted by atomic mass is 35.5. The molecule has 0 heterocycles. The summed E-state index contributed by atoms with van der Waals surface area (Å²) in [5.41, 5.74) is 1.22. The first-order chi connectivity index (χ1) is 12.4. The number of hydrogen-bond acceptors (Lipinski definition) is 5. The van der Waals surface area contributed by atoms with Crippen molar-refractivity contribution in [3.8, 4) is 11.5 Å². The Kier molecular flexibility index (Phi) is 6.86. The summed E-state index contributed by atoms with van der Waals surface area (Å²) in [4.78, 5) is 23.7. The molecule has 138 valence electrons. The zero-order chi connectivity index (χ0) is 19.1. The predicted octanol–water partition coefficient (Wildman–Crippen LogP) is 3.39. The number of methoxy groups -OCH3 is 2. The van der Waals surface area contributed by atoms with Crippen LogP contribution in [0.1, 0.15) is 28.9 Å². The molecule has 26 heavy (non-hydrogen) atoms. The molecule has 6 nitrogen and oxygen atoms in total. The first-order valence-electron chi connectivity index (χ1n) is 7.88. The average molecular weight is 378 g/mol. The minimum atomic E-state index is -0.483. The zero-order valence-corrected chi connectivity index (χ0v) is 15.5. The van der Waals surface area contributed by atoms with Gasteiger partial charge < -0.3 is 19.5 Å². The minimum Gasteiger partial charge on any atom is -0.493 e. The van der Waals surface area contributed by atoms with E-state index in [1.165, 1.54) is 26.4 Å². The van der Waals surface area contributed by atoms with Gasteiger partial charge in [-0.1, -0.05) is 23.7 Å². The number of hydrogen-bond donors (Lipinski definition) is 1. The van der Waals surface area contributed by atoms with Gasteiger partial charge in [-0.15, -0.1) is 0 Å². The number of esters is 1. The van der Waals surface area contributed by atoms with Gasteiger partial charge in [0.2, 0.25) is 0 Å². The lowest BCUT2D eigenvalue weighted by atomic mass is 10.1. The van der Waals surface area contributed by atoms with Gasteiger partial charge in [0.1, 0.15) is 0 Å². The van der Waals surface area contributed by atoms with E-state index >= 15 is 0 Å². The standard InChI is InChI=1S/C19H20ClNO5/c1-12(13-5-4-6-15(20)9-13)21-18(22)11-26-16-8-7-14(19(23)25-3)10-17(16)24-2/h4-10,12H,11H2,1-3H3,(H,21,22)/t12-/m1/s1. The summed E-state index contributed by atoms with van der Waals surface area (Å²) in [6.07, 6.45) is 0. The number of ether oxygens (including phenoxy) is 3. The van der Waals surface area contributed by atoms with Gasteiger partial charge >= 0.3 is 5.97 Å². The molecule has 2 aromatic carbocycles. The molecule has 2 rings (SSSR count). The van der Waals surface area contributed by atoms with Gasteiger partial charge in [-0.2, -0.15) is 0 Å². The van der Waals surface area contributed by atoms with E-state index < -0.39 is 5.97 Å². The summed E-state index contributed by atoms with van der Waals surface area (Å²) in [6.45, 7) is 1.66. The maximum atomic E-state index is 12.1. The van der Waals surface area contributed by atoms with Gasteiger partial charge in [0.15, 0.2) is 18.1 Å². The molecule has 2 aromatic rings. The molecule has 0 aliphatic rings. The monoisotopic (exact) mass is 377 g/mol. The molecule has 0 aliphatic carbocycles. The van der Waals surface area contributed by atoms with Gasteiger partial charge in [0.25, 0.3) is 5.91 Å². The van der Waals surface area contributed by atoms with Crippen molar-refractivity contribution in [2.75, 3.05) is 20.8 Å². The van der Waals surface area contributed by atoms with Crippen LogP contribution in [0.3, 0.4) is 0 Å². The van der Waals surface area contributed by atoms with Gasteiger partial charge in [-0.25, -0.2) is 4.79 Å². The third kappa shape index (κ3) is 5.13. The molecule has 1 amide bonds. The van der Waals surface area contributed by atoms with Crippen molar-refractivity contribution in [3.63, 3.8) is 0 Å². The molecule has 0 unspecified atom stereocenters. The Morgan fingerprint density at radius 3 is 2.54 bits per heavy atom. The number of carbonyl (C=O) groups excluding carboxylic acids is 2. The summed E-state index contributed by atoms with van der Waals surface area (Å²) in [5.74, 6) is -0.0891. The summed E-state index contributed by atoms with van der Waals surface area (Å²) < 4.78 is 15.4. The van der Waals surface area contributed by atoms with Crippen LogP contribution in [-0.2, 0) is 9.53 Å². The molecule has 7 heteroatoms. The predicted molar refractivity (Wildman–Crippen MR) is 97.8 cm³/mol. The van der Waals surface area contributed by atoms with Crippen LogP contribution in [0, 0.1) is 0 Å². The van der Waals surface area contributed by atoms with E-state index in [2.05, 4.69) is 10.1 Å². The Hall–Kier alpha value is -2.73. The van der Waals surface area contributed by atoms with Crippen molar-refractivity contribution in [3.05, 3.63) is 58.6 Å². The number of amides is 1. The number of benzene rings is 2. The van der Waals surface area contributed by atoms with Crippen LogP contribution in [0.25, 0.3) is 0 Å². The molecule has 0 fully saturated rings. The van der Waals surface area contributed by atoms with E-state index in [1.54, 1.807) is 18.2 Å². The first kappa shape index (κ1) is 19.6. The smallest absolute Gasteiger partial charge is 0.337 e. The highest BCUT2D eigenvalue weighted by Gasteiger charge is 2.14. The fraction of sp³-hybridized carbons (Fsp3) is 0.263. The van der Waals surface area contributed by atoms with Gasteiger partial charge in [0, 0.05) is 5.02 Å². The van der Waals surface area contributed by atoms with Gasteiger partial charge in [0.05, 0.1) is 25.8 Å². The molecule has 0 radical (unpaired) electrons. The average Bonchev–Trinajstić information content (AvgIpc) is 2.65. The second-order valence-electron chi connectivity index (χ2n) is 5.49. The first-order valence-corrected chi connectivity index (χ1v) is 8.26. The summed E-state index contributed by atoms with van der Waals surface area (Å²) >= 11 is 5.96. The molecular formula is C19H20ClNO5. The number of nitrogens with one attached hydrogen (secondary N) is 1.